The van der Waals surface area contributed by atoms with E-state index in [0.717, 1.165) is 19.4 Å². The molecule has 0 aliphatic carbocycles. The lowest BCUT2D eigenvalue weighted by atomic mass is 9.95. The Bertz CT molecular complexity index is 399. The van der Waals surface area contributed by atoms with Crippen molar-refractivity contribution in [3.63, 3.8) is 0 Å². The molecule has 0 bridgehead atoms. The molecule has 5 nitrogen and oxygen atoms in total. The highest BCUT2D eigenvalue weighted by molar-refractivity contribution is 5.90. The second-order valence-electron chi connectivity index (χ2n) is 6.32. The molecule has 5 heteroatoms. The number of carbonyl (C=O) groups excluding carboxylic acids is 2. The molecule has 3 aliphatic heterocycles. The number of nitrogens with one attached hydrogen (secondary N) is 1. The highest BCUT2D eigenvalue weighted by atomic mass is 16.2. The molecule has 0 spiro atoms. The first-order valence-corrected chi connectivity index (χ1v) is 8.03. The lowest BCUT2D eigenvalue weighted by Crippen LogP contribution is -2.53. The maximum atomic E-state index is 12.6. The zero-order chi connectivity index (χ0) is 14.1. The van der Waals surface area contributed by atoms with E-state index in [1.54, 1.807) is 0 Å². The molecule has 3 unspecified atom stereocenters. The lowest BCUT2D eigenvalue weighted by molar-refractivity contribution is -0.136. The molecule has 3 rings (SSSR count). The zero-order valence-corrected chi connectivity index (χ0v) is 12.3. The molecular weight excluding hydrogens is 254 g/mol. The summed E-state index contributed by atoms with van der Waals surface area (Å²) in [4.78, 5) is 28.9. The van der Waals surface area contributed by atoms with Crippen LogP contribution in [0.25, 0.3) is 0 Å². The predicted octanol–water partition coefficient (Wildman–Crippen LogP) is 0.740. The van der Waals surface area contributed by atoms with E-state index in [4.69, 9.17) is 0 Å². The standard InChI is InChI=1S/C15H25N3O2/c1-2-13-15(20)18(9-6-14(19)16-13)12-5-8-17-7-3-4-11(17)10-12/h11-13H,2-10H2,1H3,(H,16,19). The summed E-state index contributed by atoms with van der Waals surface area (Å²) < 4.78 is 0. The second-order valence-corrected chi connectivity index (χ2v) is 6.32. The van der Waals surface area contributed by atoms with E-state index >= 15 is 0 Å². The smallest absolute Gasteiger partial charge is 0.245 e. The fraction of sp³-hybridized carbons (Fsp3) is 0.867. The number of hydrogen-bond acceptors (Lipinski definition) is 3. The first kappa shape index (κ1) is 13.9. The van der Waals surface area contributed by atoms with Crippen molar-refractivity contribution >= 4 is 11.8 Å². The molecule has 112 valence electrons. The summed E-state index contributed by atoms with van der Waals surface area (Å²) in [5.41, 5.74) is 0. The summed E-state index contributed by atoms with van der Waals surface area (Å²) in [6.07, 6.45) is 5.86. The summed E-state index contributed by atoms with van der Waals surface area (Å²) in [6.45, 7) is 4.89. The third-order valence-electron chi connectivity index (χ3n) is 5.14. The number of hydrogen-bond donors (Lipinski definition) is 1. The van der Waals surface area contributed by atoms with Gasteiger partial charge in [0.1, 0.15) is 6.04 Å². The Morgan fingerprint density at radius 2 is 2.00 bits per heavy atom. The van der Waals surface area contributed by atoms with Gasteiger partial charge in [-0.15, -0.1) is 0 Å². The van der Waals surface area contributed by atoms with Crippen LogP contribution in [0.1, 0.15) is 45.4 Å². The van der Waals surface area contributed by atoms with Crippen LogP contribution in [-0.2, 0) is 9.59 Å². The van der Waals surface area contributed by atoms with Crippen LogP contribution in [0.2, 0.25) is 0 Å². The summed E-state index contributed by atoms with van der Waals surface area (Å²) in [7, 11) is 0. The lowest BCUT2D eigenvalue weighted by Gasteiger charge is -2.40. The highest BCUT2D eigenvalue weighted by Crippen LogP contribution is 2.30. The Morgan fingerprint density at radius 3 is 2.80 bits per heavy atom. The zero-order valence-electron chi connectivity index (χ0n) is 12.3. The van der Waals surface area contributed by atoms with Crippen molar-refractivity contribution in [3.05, 3.63) is 0 Å². The quantitative estimate of drug-likeness (QED) is 0.811. The number of rotatable bonds is 2. The van der Waals surface area contributed by atoms with E-state index in [1.165, 1.54) is 19.4 Å². The van der Waals surface area contributed by atoms with Gasteiger partial charge in [-0.2, -0.15) is 0 Å². The molecular formula is C15H25N3O2. The summed E-state index contributed by atoms with van der Waals surface area (Å²) in [6, 6.07) is 0.684. The molecule has 2 amide bonds. The predicted molar refractivity (Wildman–Crippen MR) is 76.2 cm³/mol. The van der Waals surface area contributed by atoms with Crippen molar-refractivity contribution < 1.29 is 9.59 Å². The van der Waals surface area contributed by atoms with Gasteiger partial charge in [0.15, 0.2) is 0 Å². The number of amides is 2. The minimum Gasteiger partial charge on any atom is -0.344 e. The first-order valence-electron chi connectivity index (χ1n) is 8.03. The van der Waals surface area contributed by atoms with Gasteiger partial charge in [0, 0.05) is 31.6 Å². The van der Waals surface area contributed by atoms with E-state index in [1.807, 2.05) is 11.8 Å². The van der Waals surface area contributed by atoms with Crippen LogP contribution < -0.4 is 5.32 Å². The summed E-state index contributed by atoms with van der Waals surface area (Å²) in [5, 5.41) is 2.85. The summed E-state index contributed by atoms with van der Waals surface area (Å²) >= 11 is 0. The van der Waals surface area contributed by atoms with Gasteiger partial charge in [0.2, 0.25) is 11.8 Å². The molecule has 3 atom stereocenters. The Labute approximate surface area is 120 Å². The van der Waals surface area contributed by atoms with Crippen molar-refractivity contribution in [2.45, 2.75) is 63.6 Å². The Kier molecular flexibility index (Phi) is 3.96. The van der Waals surface area contributed by atoms with Gasteiger partial charge in [-0.05, 0) is 38.6 Å². The van der Waals surface area contributed by atoms with Gasteiger partial charge in [0.25, 0.3) is 0 Å². The van der Waals surface area contributed by atoms with E-state index in [2.05, 4.69) is 10.2 Å². The van der Waals surface area contributed by atoms with Crippen LogP contribution in [0, 0.1) is 0 Å². The minimum absolute atomic E-state index is 0.0194. The van der Waals surface area contributed by atoms with Crippen LogP contribution >= 0.6 is 0 Å². The third-order valence-corrected chi connectivity index (χ3v) is 5.14. The van der Waals surface area contributed by atoms with Crippen LogP contribution in [0.15, 0.2) is 0 Å². The molecule has 20 heavy (non-hydrogen) atoms. The van der Waals surface area contributed by atoms with Gasteiger partial charge >= 0.3 is 0 Å². The van der Waals surface area contributed by atoms with E-state index in [-0.39, 0.29) is 17.9 Å². The Hall–Kier alpha value is -1.10. The maximum absolute atomic E-state index is 12.6. The maximum Gasteiger partial charge on any atom is 0.245 e. The molecule has 0 aromatic carbocycles. The fourth-order valence-corrected chi connectivity index (χ4v) is 3.99. The normalized spacial score (nSPS) is 35.6. The van der Waals surface area contributed by atoms with Crippen LogP contribution in [0.5, 0.6) is 0 Å². The average Bonchev–Trinajstić information content (AvgIpc) is 2.86. The van der Waals surface area contributed by atoms with Crippen LogP contribution in [-0.4, -0.2) is 59.4 Å². The molecule has 3 fully saturated rings. The van der Waals surface area contributed by atoms with Gasteiger partial charge in [-0.1, -0.05) is 6.92 Å². The van der Waals surface area contributed by atoms with Crippen molar-refractivity contribution in [2.75, 3.05) is 19.6 Å². The van der Waals surface area contributed by atoms with Gasteiger partial charge in [0.05, 0.1) is 0 Å². The molecule has 0 aromatic heterocycles. The van der Waals surface area contributed by atoms with Crippen LogP contribution in [0.4, 0.5) is 0 Å². The van der Waals surface area contributed by atoms with Crippen molar-refractivity contribution in [2.24, 2.45) is 0 Å². The Balaban J connectivity index is 1.71. The average molecular weight is 279 g/mol. The van der Waals surface area contributed by atoms with Crippen molar-refractivity contribution in [1.29, 1.82) is 0 Å². The molecule has 1 N–H and O–H groups in total. The Morgan fingerprint density at radius 1 is 1.15 bits per heavy atom. The van der Waals surface area contributed by atoms with Crippen LogP contribution in [0.3, 0.4) is 0 Å². The van der Waals surface area contributed by atoms with Gasteiger partial charge < -0.3 is 15.1 Å². The first-order chi connectivity index (χ1) is 9.69. The second kappa shape index (κ2) is 5.72. The van der Waals surface area contributed by atoms with E-state index in [0.29, 0.717) is 31.5 Å². The molecule has 3 saturated heterocycles. The van der Waals surface area contributed by atoms with Gasteiger partial charge in [-0.25, -0.2) is 0 Å². The molecule has 3 heterocycles. The third kappa shape index (κ3) is 2.55. The molecule has 3 aliphatic rings. The molecule has 0 saturated carbocycles. The fourth-order valence-electron chi connectivity index (χ4n) is 3.99. The summed E-state index contributed by atoms with van der Waals surface area (Å²) in [5.74, 6) is 0.154. The van der Waals surface area contributed by atoms with E-state index in [9.17, 15) is 9.59 Å². The largest absolute Gasteiger partial charge is 0.344 e. The SMILES string of the molecule is CCC1NC(=O)CCN(C2CCN3CCCC3C2)C1=O. The van der Waals surface area contributed by atoms with Crippen molar-refractivity contribution in [3.8, 4) is 0 Å². The van der Waals surface area contributed by atoms with E-state index < -0.39 is 0 Å². The van der Waals surface area contributed by atoms with Gasteiger partial charge in [-0.3, -0.25) is 9.59 Å². The minimum atomic E-state index is -0.313. The number of piperidine rings is 1. The molecule has 0 aromatic rings. The highest BCUT2D eigenvalue weighted by Gasteiger charge is 2.38. The topological polar surface area (TPSA) is 52.7 Å². The number of carbonyl (C=O) groups is 2. The number of nitrogens with zero attached hydrogens (tertiary/aromatic N) is 2. The monoisotopic (exact) mass is 279 g/mol. The van der Waals surface area contributed by atoms with Crippen molar-refractivity contribution in [1.82, 2.24) is 15.1 Å². The molecule has 0 radical (unpaired) electrons. The number of fused-ring (bicyclic) bond motifs is 1.